The second-order valence-corrected chi connectivity index (χ2v) is 4.02. The first-order chi connectivity index (χ1) is 6.72. The summed E-state index contributed by atoms with van der Waals surface area (Å²) in [6.45, 7) is 5.69. The predicted molar refractivity (Wildman–Crippen MR) is 57.9 cm³/mol. The van der Waals surface area contributed by atoms with Crippen LogP contribution in [0.5, 0.6) is 0 Å². The van der Waals surface area contributed by atoms with Gasteiger partial charge in [-0.3, -0.25) is 4.79 Å². The number of carbonyl (C=O) groups is 1. The predicted octanol–water partition coefficient (Wildman–Crippen LogP) is -0.0445. The summed E-state index contributed by atoms with van der Waals surface area (Å²) in [5, 5.41) is 9.16. The van der Waals surface area contributed by atoms with E-state index in [-0.39, 0.29) is 18.6 Å². The summed E-state index contributed by atoms with van der Waals surface area (Å²) < 4.78 is 2.15. The van der Waals surface area contributed by atoms with Crippen molar-refractivity contribution in [3.8, 4) is 0 Å². The molecule has 0 saturated carbocycles. The van der Waals surface area contributed by atoms with Crippen LogP contribution in [-0.2, 0) is 4.79 Å². The molecule has 1 unspecified atom stereocenters. The Morgan fingerprint density at radius 2 is 2.43 bits per heavy atom. The van der Waals surface area contributed by atoms with Gasteiger partial charge in [0.2, 0.25) is 5.91 Å². The molecule has 1 rings (SSSR count). The smallest absolute Gasteiger partial charge is 0.246 e. The van der Waals surface area contributed by atoms with Crippen molar-refractivity contribution in [3.05, 3.63) is 12.7 Å². The maximum atomic E-state index is 11.4. The maximum absolute atomic E-state index is 11.4. The first-order valence-electron chi connectivity index (χ1n) is 4.56. The van der Waals surface area contributed by atoms with Crippen molar-refractivity contribution in [2.45, 2.75) is 6.04 Å². The standard InChI is InChI=1S/C9H16N2O2S/c1-3-9(13)11-5-4-10(14-2)6-8(11)7-12/h3,8,12H,1,4-7H2,2H3. The van der Waals surface area contributed by atoms with Crippen LogP contribution in [0.15, 0.2) is 12.7 Å². The van der Waals surface area contributed by atoms with Crippen molar-refractivity contribution in [1.82, 2.24) is 9.21 Å². The van der Waals surface area contributed by atoms with Gasteiger partial charge in [-0.2, -0.15) is 0 Å². The molecule has 5 heteroatoms. The van der Waals surface area contributed by atoms with Crippen LogP contribution in [0.1, 0.15) is 0 Å². The summed E-state index contributed by atoms with van der Waals surface area (Å²) in [7, 11) is 0. The molecule has 1 fully saturated rings. The van der Waals surface area contributed by atoms with E-state index in [9.17, 15) is 4.79 Å². The Morgan fingerprint density at radius 3 is 2.93 bits per heavy atom. The molecule has 1 N–H and O–H groups in total. The minimum Gasteiger partial charge on any atom is -0.394 e. The molecule has 14 heavy (non-hydrogen) atoms. The highest BCUT2D eigenvalue weighted by atomic mass is 32.2. The number of nitrogens with zero attached hydrogens (tertiary/aromatic N) is 2. The van der Waals surface area contributed by atoms with E-state index in [4.69, 9.17) is 5.11 Å². The highest BCUT2D eigenvalue weighted by molar-refractivity contribution is 7.96. The molecule has 0 radical (unpaired) electrons. The van der Waals surface area contributed by atoms with Crippen LogP contribution in [0.4, 0.5) is 0 Å². The van der Waals surface area contributed by atoms with Gasteiger partial charge in [0.1, 0.15) is 0 Å². The molecule has 1 atom stereocenters. The zero-order valence-corrected chi connectivity index (χ0v) is 9.16. The molecule has 80 valence electrons. The van der Waals surface area contributed by atoms with Crippen molar-refractivity contribution in [1.29, 1.82) is 0 Å². The van der Waals surface area contributed by atoms with Gasteiger partial charge in [0.15, 0.2) is 0 Å². The average Bonchev–Trinajstić information content (AvgIpc) is 2.27. The van der Waals surface area contributed by atoms with Gasteiger partial charge in [-0.15, -0.1) is 0 Å². The summed E-state index contributed by atoms with van der Waals surface area (Å²) in [5.41, 5.74) is 0. The highest BCUT2D eigenvalue weighted by Crippen LogP contribution is 2.15. The first kappa shape index (κ1) is 11.6. The minimum atomic E-state index is -0.0956. The van der Waals surface area contributed by atoms with Gasteiger partial charge in [-0.05, 0) is 12.3 Å². The Hall–Kier alpha value is -0.520. The van der Waals surface area contributed by atoms with E-state index < -0.39 is 0 Å². The number of piperazine rings is 1. The van der Waals surface area contributed by atoms with Crippen LogP contribution < -0.4 is 0 Å². The Labute approximate surface area is 88.7 Å². The van der Waals surface area contributed by atoms with E-state index >= 15 is 0 Å². The van der Waals surface area contributed by atoms with Crippen LogP contribution >= 0.6 is 11.9 Å². The molecule has 1 heterocycles. The number of rotatable bonds is 3. The molecule has 0 aromatic carbocycles. The van der Waals surface area contributed by atoms with E-state index in [2.05, 4.69) is 10.9 Å². The summed E-state index contributed by atoms with van der Waals surface area (Å²) in [5.74, 6) is -0.0928. The molecule has 0 spiro atoms. The van der Waals surface area contributed by atoms with Crippen molar-refractivity contribution in [2.24, 2.45) is 0 Å². The third kappa shape index (κ3) is 2.50. The maximum Gasteiger partial charge on any atom is 0.246 e. The summed E-state index contributed by atoms with van der Waals surface area (Å²) in [6.07, 6.45) is 3.30. The lowest BCUT2D eigenvalue weighted by molar-refractivity contribution is -0.130. The number of hydrogen-bond donors (Lipinski definition) is 1. The second-order valence-electron chi connectivity index (χ2n) is 3.14. The van der Waals surface area contributed by atoms with Gasteiger partial charge < -0.3 is 10.0 Å². The summed E-state index contributed by atoms with van der Waals surface area (Å²) >= 11 is 1.64. The molecule has 1 amide bonds. The van der Waals surface area contributed by atoms with Crippen molar-refractivity contribution >= 4 is 17.9 Å². The molecule has 0 aromatic rings. The number of hydrogen-bond acceptors (Lipinski definition) is 4. The van der Waals surface area contributed by atoms with Gasteiger partial charge in [0, 0.05) is 19.6 Å². The highest BCUT2D eigenvalue weighted by Gasteiger charge is 2.28. The van der Waals surface area contributed by atoms with Gasteiger partial charge in [-0.25, -0.2) is 4.31 Å². The molecular formula is C9H16N2O2S. The van der Waals surface area contributed by atoms with Gasteiger partial charge in [0.05, 0.1) is 12.6 Å². The average molecular weight is 216 g/mol. The molecule has 0 aromatic heterocycles. The SMILES string of the molecule is C=CC(=O)N1CCN(SC)CC1CO. The third-order valence-electron chi connectivity index (χ3n) is 2.37. The molecule has 0 aliphatic carbocycles. The topological polar surface area (TPSA) is 43.8 Å². The van der Waals surface area contributed by atoms with Crippen LogP contribution in [0, 0.1) is 0 Å². The molecule has 0 bridgehead atoms. The second kappa shape index (κ2) is 5.38. The van der Waals surface area contributed by atoms with Gasteiger partial charge >= 0.3 is 0 Å². The van der Waals surface area contributed by atoms with Crippen molar-refractivity contribution in [2.75, 3.05) is 32.5 Å². The van der Waals surface area contributed by atoms with Crippen LogP contribution in [0.3, 0.4) is 0 Å². The van der Waals surface area contributed by atoms with E-state index in [1.807, 2.05) is 6.26 Å². The van der Waals surface area contributed by atoms with Crippen LogP contribution in [0.2, 0.25) is 0 Å². The minimum absolute atomic E-state index is 0.0106. The Kier molecular flexibility index (Phi) is 4.44. The quantitative estimate of drug-likeness (QED) is 0.531. The number of amides is 1. The molecule has 1 aliphatic heterocycles. The van der Waals surface area contributed by atoms with Crippen molar-refractivity contribution in [3.63, 3.8) is 0 Å². The lowest BCUT2D eigenvalue weighted by Crippen LogP contribution is -2.54. The van der Waals surface area contributed by atoms with Crippen molar-refractivity contribution < 1.29 is 9.90 Å². The van der Waals surface area contributed by atoms with E-state index in [0.717, 1.165) is 13.1 Å². The summed E-state index contributed by atoms with van der Waals surface area (Å²) in [6, 6.07) is -0.0956. The number of aliphatic hydroxyl groups is 1. The zero-order valence-electron chi connectivity index (χ0n) is 8.35. The van der Waals surface area contributed by atoms with Crippen LogP contribution in [-0.4, -0.2) is 58.8 Å². The first-order valence-corrected chi connectivity index (χ1v) is 5.74. The van der Waals surface area contributed by atoms with E-state index in [1.165, 1.54) is 6.08 Å². The zero-order chi connectivity index (χ0) is 10.6. The fraction of sp³-hybridized carbons (Fsp3) is 0.667. The van der Waals surface area contributed by atoms with Gasteiger partial charge in [-0.1, -0.05) is 18.5 Å². The van der Waals surface area contributed by atoms with E-state index in [1.54, 1.807) is 16.8 Å². The monoisotopic (exact) mass is 216 g/mol. The largest absolute Gasteiger partial charge is 0.394 e. The Balaban J connectivity index is 2.60. The summed E-state index contributed by atoms with van der Waals surface area (Å²) in [4.78, 5) is 13.1. The van der Waals surface area contributed by atoms with Gasteiger partial charge in [0.25, 0.3) is 0 Å². The molecule has 4 nitrogen and oxygen atoms in total. The molecule has 1 saturated heterocycles. The van der Waals surface area contributed by atoms with E-state index in [0.29, 0.717) is 6.54 Å². The number of aliphatic hydroxyl groups excluding tert-OH is 1. The molecule has 1 aliphatic rings. The normalized spacial score (nSPS) is 23.6. The lowest BCUT2D eigenvalue weighted by atomic mass is 10.2. The lowest BCUT2D eigenvalue weighted by Gasteiger charge is -2.39. The third-order valence-corrected chi connectivity index (χ3v) is 3.22. The molecular weight excluding hydrogens is 200 g/mol. The fourth-order valence-corrected chi connectivity index (χ4v) is 2.14. The Bertz CT molecular complexity index is 223. The fourth-order valence-electron chi connectivity index (χ4n) is 1.56. The van der Waals surface area contributed by atoms with Crippen LogP contribution in [0.25, 0.3) is 0 Å². The number of carbonyl (C=O) groups excluding carboxylic acids is 1. The Morgan fingerprint density at radius 1 is 1.71 bits per heavy atom.